The monoisotopic (exact) mass is 484 g/mol. The van der Waals surface area contributed by atoms with E-state index < -0.39 is 5.97 Å². The van der Waals surface area contributed by atoms with Crippen molar-refractivity contribution in [1.82, 2.24) is 0 Å². The molecule has 0 bridgehead atoms. The number of benzene rings is 2. The average Bonchev–Trinajstić information content (AvgIpc) is 2.77. The molecule has 35 heavy (non-hydrogen) atoms. The summed E-state index contributed by atoms with van der Waals surface area (Å²) in [7, 11) is 4.92. The van der Waals surface area contributed by atoms with Crippen LogP contribution in [-0.2, 0) is 23.7 Å². The Morgan fingerprint density at radius 1 is 0.743 bits per heavy atom. The van der Waals surface area contributed by atoms with Crippen LogP contribution < -0.4 is 18.9 Å². The molecule has 5 nitrogen and oxygen atoms in total. The molecule has 0 aliphatic rings. The first kappa shape index (κ1) is 28.5. The minimum Gasteiger partial charge on any atom is -0.497 e. The molecule has 0 aliphatic heterocycles. The fraction of sp³-hybridized carbons (Fsp3) is 0.567. The zero-order valence-corrected chi connectivity index (χ0v) is 23.6. The molecule has 194 valence electrons. The highest BCUT2D eigenvalue weighted by Gasteiger charge is 2.32. The van der Waals surface area contributed by atoms with Crippen molar-refractivity contribution in [2.75, 3.05) is 21.3 Å². The number of rotatable bonds is 9. The summed E-state index contributed by atoms with van der Waals surface area (Å²) in [5.74, 6) is 2.16. The fourth-order valence-corrected chi connectivity index (χ4v) is 4.42. The maximum absolute atomic E-state index is 14.0. The number of carbonyl (C=O) groups is 1. The molecule has 2 rings (SSSR count). The third-order valence-corrected chi connectivity index (χ3v) is 6.18. The van der Waals surface area contributed by atoms with E-state index in [1.165, 1.54) is 0 Å². The van der Waals surface area contributed by atoms with E-state index in [2.05, 4.69) is 55.4 Å². The van der Waals surface area contributed by atoms with Gasteiger partial charge in [-0.3, -0.25) is 0 Å². The summed E-state index contributed by atoms with van der Waals surface area (Å²) in [4.78, 5) is 14.0. The van der Waals surface area contributed by atoms with Crippen molar-refractivity contribution < 1.29 is 23.7 Å². The van der Waals surface area contributed by atoms with Gasteiger partial charge in [0.1, 0.15) is 28.6 Å². The van der Waals surface area contributed by atoms with Gasteiger partial charge < -0.3 is 18.9 Å². The zero-order chi connectivity index (χ0) is 26.6. The highest BCUT2D eigenvalue weighted by molar-refractivity contribution is 5.97. The molecule has 0 saturated heterocycles. The van der Waals surface area contributed by atoms with Gasteiger partial charge in [0.25, 0.3) is 0 Å². The minimum atomic E-state index is -0.437. The highest BCUT2D eigenvalue weighted by atomic mass is 16.5. The predicted octanol–water partition coefficient (Wildman–Crippen LogP) is 7.43. The second-order valence-electron chi connectivity index (χ2n) is 11.1. The van der Waals surface area contributed by atoms with Gasteiger partial charge in [-0.05, 0) is 47.4 Å². The Morgan fingerprint density at radius 2 is 1.29 bits per heavy atom. The topological polar surface area (TPSA) is 54.0 Å². The van der Waals surface area contributed by atoms with Crippen molar-refractivity contribution in [1.29, 1.82) is 0 Å². The first-order valence-electron chi connectivity index (χ1n) is 12.6. The summed E-state index contributed by atoms with van der Waals surface area (Å²) in [6, 6.07) is 5.85. The third kappa shape index (κ3) is 6.31. The Balaban J connectivity index is 2.82. The van der Waals surface area contributed by atoms with Gasteiger partial charge in [-0.25, -0.2) is 4.79 Å². The summed E-state index contributed by atoms with van der Waals surface area (Å²) in [5.41, 5.74) is 3.60. The third-order valence-electron chi connectivity index (χ3n) is 6.18. The molecule has 0 radical (unpaired) electrons. The first-order valence-corrected chi connectivity index (χ1v) is 12.6. The highest BCUT2D eigenvalue weighted by Crippen LogP contribution is 2.44. The van der Waals surface area contributed by atoms with Crippen molar-refractivity contribution in [2.45, 2.75) is 91.9 Å². The molecule has 2 aromatic carbocycles. The lowest BCUT2D eigenvalue weighted by atomic mass is 9.79. The van der Waals surface area contributed by atoms with Crippen molar-refractivity contribution in [3.63, 3.8) is 0 Å². The standard InChI is InChI=1S/C30H44O5/c1-12-14-19-16-24(33-10)25(21(15-13-2)26(19)34-11)28(31)35-27-22(29(3,4)5)17-20(32-9)18-23(27)30(6,7)8/h16-18H,12-15H2,1-11H3. The molecular formula is C30H44O5. The van der Waals surface area contributed by atoms with Crippen LogP contribution in [0.15, 0.2) is 18.2 Å². The molecule has 0 heterocycles. The van der Waals surface area contributed by atoms with Crippen LogP contribution in [0.25, 0.3) is 0 Å². The molecule has 5 heteroatoms. The molecule has 0 N–H and O–H groups in total. The van der Waals surface area contributed by atoms with E-state index in [4.69, 9.17) is 18.9 Å². The Labute approximate surface area is 212 Å². The maximum Gasteiger partial charge on any atom is 0.347 e. The fourth-order valence-electron chi connectivity index (χ4n) is 4.42. The Kier molecular flexibility index (Phi) is 9.27. The molecule has 0 spiro atoms. The SMILES string of the molecule is CCCc1cc(OC)c(C(=O)Oc2c(C(C)(C)C)cc(OC)cc2C(C)(C)C)c(CCC)c1OC. The lowest BCUT2D eigenvalue weighted by molar-refractivity contribution is 0.0723. The van der Waals surface area contributed by atoms with Gasteiger partial charge in [-0.15, -0.1) is 0 Å². The van der Waals surface area contributed by atoms with Gasteiger partial charge in [0.2, 0.25) is 0 Å². The van der Waals surface area contributed by atoms with E-state index >= 15 is 0 Å². The van der Waals surface area contributed by atoms with Crippen molar-refractivity contribution in [3.05, 3.63) is 46.0 Å². The van der Waals surface area contributed by atoms with E-state index in [0.717, 1.165) is 53.0 Å². The van der Waals surface area contributed by atoms with Crippen LogP contribution in [0.1, 0.15) is 101 Å². The van der Waals surface area contributed by atoms with Crippen LogP contribution >= 0.6 is 0 Å². The molecule has 0 unspecified atom stereocenters. The van der Waals surface area contributed by atoms with Crippen molar-refractivity contribution in [3.8, 4) is 23.0 Å². The molecule has 0 amide bonds. The lowest BCUT2D eigenvalue weighted by Gasteiger charge is -2.30. The van der Waals surface area contributed by atoms with Crippen LogP contribution in [0, 0.1) is 0 Å². The summed E-state index contributed by atoms with van der Waals surface area (Å²) in [5, 5.41) is 0. The second kappa shape index (κ2) is 11.4. The largest absolute Gasteiger partial charge is 0.497 e. The molecule has 2 aromatic rings. The Bertz CT molecular complexity index is 1000. The molecule has 0 aromatic heterocycles. The van der Waals surface area contributed by atoms with Crippen LogP contribution in [0.4, 0.5) is 0 Å². The minimum absolute atomic E-state index is 0.275. The summed E-state index contributed by atoms with van der Waals surface area (Å²) < 4.78 is 23.5. The maximum atomic E-state index is 14.0. The number of hydrogen-bond acceptors (Lipinski definition) is 5. The Hall–Kier alpha value is -2.69. The van der Waals surface area contributed by atoms with Crippen LogP contribution in [0.2, 0.25) is 0 Å². The number of carbonyl (C=O) groups excluding carboxylic acids is 1. The molecule has 0 fully saturated rings. The van der Waals surface area contributed by atoms with Gasteiger partial charge in [0.15, 0.2) is 0 Å². The predicted molar refractivity (Wildman–Crippen MR) is 143 cm³/mol. The molecule has 0 saturated carbocycles. The van der Waals surface area contributed by atoms with E-state index in [1.54, 1.807) is 21.3 Å². The molecular weight excluding hydrogens is 440 g/mol. The lowest BCUT2D eigenvalue weighted by Crippen LogP contribution is -2.23. The molecule has 0 aliphatic carbocycles. The summed E-state index contributed by atoms with van der Waals surface area (Å²) >= 11 is 0. The number of methoxy groups -OCH3 is 3. The zero-order valence-electron chi connectivity index (χ0n) is 23.6. The first-order chi connectivity index (χ1) is 16.3. The number of hydrogen-bond donors (Lipinski definition) is 0. The number of ether oxygens (including phenoxy) is 4. The van der Waals surface area contributed by atoms with Crippen molar-refractivity contribution in [2.24, 2.45) is 0 Å². The van der Waals surface area contributed by atoms with Crippen LogP contribution in [0.5, 0.6) is 23.0 Å². The van der Waals surface area contributed by atoms with E-state index in [1.807, 2.05) is 18.2 Å². The molecule has 0 atom stereocenters. The summed E-state index contributed by atoms with van der Waals surface area (Å²) in [6.07, 6.45) is 3.35. The van der Waals surface area contributed by atoms with Crippen molar-refractivity contribution >= 4 is 5.97 Å². The normalized spacial score (nSPS) is 11.9. The average molecular weight is 485 g/mol. The summed E-state index contributed by atoms with van der Waals surface area (Å²) in [6.45, 7) is 16.9. The number of aryl methyl sites for hydroxylation is 1. The van der Waals surface area contributed by atoms with Crippen LogP contribution in [0.3, 0.4) is 0 Å². The Morgan fingerprint density at radius 3 is 1.69 bits per heavy atom. The second-order valence-corrected chi connectivity index (χ2v) is 11.1. The van der Waals surface area contributed by atoms with Gasteiger partial charge in [-0.1, -0.05) is 68.2 Å². The van der Waals surface area contributed by atoms with E-state index in [0.29, 0.717) is 23.5 Å². The quantitative estimate of drug-likeness (QED) is 0.274. The van der Waals surface area contributed by atoms with E-state index in [9.17, 15) is 4.79 Å². The van der Waals surface area contributed by atoms with E-state index in [-0.39, 0.29) is 10.8 Å². The van der Waals surface area contributed by atoms with Gasteiger partial charge in [0.05, 0.1) is 21.3 Å². The van der Waals surface area contributed by atoms with Gasteiger partial charge >= 0.3 is 5.97 Å². The van der Waals surface area contributed by atoms with Gasteiger partial charge in [0, 0.05) is 16.7 Å². The number of esters is 1. The van der Waals surface area contributed by atoms with Crippen LogP contribution in [-0.4, -0.2) is 27.3 Å². The van der Waals surface area contributed by atoms with Gasteiger partial charge in [-0.2, -0.15) is 0 Å². The smallest absolute Gasteiger partial charge is 0.347 e.